The third kappa shape index (κ3) is 5.05. The van der Waals surface area contributed by atoms with Crippen LogP contribution in [0.3, 0.4) is 0 Å². The topological polar surface area (TPSA) is 69.7 Å². The van der Waals surface area contributed by atoms with Gasteiger partial charge in [-0.25, -0.2) is 12.7 Å². The molecule has 1 aromatic heterocycles. The van der Waals surface area contributed by atoms with Crippen LogP contribution in [-0.4, -0.2) is 51.2 Å². The van der Waals surface area contributed by atoms with Crippen LogP contribution >= 0.6 is 22.9 Å². The minimum atomic E-state index is -3.60. The molecule has 0 bridgehead atoms. The van der Waals surface area contributed by atoms with Crippen LogP contribution in [0.5, 0.6) is 0 Å². The SMILES string of the molecule is Cc1ccsc1CN(C)CC(=O)Nc1cc(S(=O)(=O)N(C)C)ccc1Cl. The second-order valence-electron chi connectivity index (χ2n) is 6.18. The summed E-state index contributed by atoms with van der Waals surface area (Å²) < 4.78 is 25.6. The van der Waals surface area contributed by atoms with E-state index in [4.69, 9.17) is 11.6 Å². The van der Waals surface area contributed by atoms with Crippen molar-refractivity contribution in [2.75, 3.05) is 33.0 Å². The number of nitrogens with one attached hydrogen (secondary N) is 1. The van der Waals surface area contributed by atoms with E-state index in [1.165, 1.54) is 42.7 Å². The van der Waals surface area contributed by atoms with Crippen LogP contribution in [0.25, 0.3) is 0 Å². The van der Waals surface area contributed by atoms with Crippen molar-refractivity contribution in [1.82, 2.24) is 9.21 Å². The number of amides is 1. The van der Waals surface area contributed by atoms with E-state index in [0.717, 1.165) is 4.31 Å². The number of rotatable bonds is 7. The van der Waals surface area contributed by atoms with E-state index in [1.807, 2.05) is 30.3 Å². The van der Waals surface area contributed by atoms with E-state index in [1.54, 1.807) is 11.3 Å². The summed E-state index contributed by atoms with van der Waals surface area (Å²) >= 11 is 7.76. The number of hydrogen-bond donors (Lipinski definition) is 1. The molecule has 1 amide bonds. The summed E-state index contributed by atoms with van der Waals surface area (Å²) in [6, 6.07) is 6.30. The monoisotopic (exact) mass is 415 g/mol. The van der Waals surface area contributed by atoms with Crippen molar-refractivity contribution in [3.8, 4) is 0 Å². The predicted octanol–water partition coefficient (Wildman–Crippen LogP) is 3.03. The summed E-state index contributed by atoms with van der Waals surface area (Å²) in [6.45, 7) is 2.87. The molecule has 0 atom stereocenters. The largest absolute Gasteiger partial charge is 0.324 e. The Balaban J connectivity index is 2.08. The Kier molecular flexibility index (Phi) is 6.81. The normalized spacial score (nSPS) is 12.0. The fraction of sp³-hybridized carbons (Fsp3) is 0.353. The van der Waals surface area contributed by atoms with Gasteiger partial charge in [-0.1, -0.05) is 11.6 Å². The van der Waals surface area contributed by atoms with Crippen LogP contribution < -0.4 is 5.32 Å². The zero-order chi connectivity index (χ0) is 19.5. The van der Waals surface area contributed by atoms with Gasteiger partial charge in [0.1, 0.15) is 0 Å². The number of carbonyl (C=O) groups is 1. The number of hydrogen-bond acceptors (Lipinski definition) is 5. The van der Waals surface area contributed by atoms with Crippen molar-refractivity contribution in [2.45, 2.75) is 18.4 Å². The van der Waals surface area contributed by atoms with Gasteiger partial charge in [-0.2, -0.15) is 0 Å². The lowest BCUT2D eigenvalue weighted by Crippen LogP contribution is -2.30. The molecular formula is C17H22ClN3O3S2. The van der Waals surface area contributed by atoms with E-state index in [0.29, 0.717) is 6.54 Å². The molecule has 0 saturated heterocycles. The van der Waals surface area contributed by atoms with Crippen LogP contribution in [0.4, 0.5) is 5.69 Å². The molecule has 6 nitrogen and oxygen atoms in total. The van der Waals surface area contributed by atoms with Gasteiger partial charge in [-0.05, 0) is 49.2 Å². The molecule has 0 radical (unpaired) electrons. The number of benzene rings is 1. The average Bonchev–Trinajstić information content (AvgIpc) is 2.93. The van der Waals surface area contributed by atoms with Crippen LogP contribution in [0.1, 0.15) is 10.4 Å². The van der Waals surface area contributed by atoms with Crippen LogP contribution in [0, 0.1) is 6.92 Å². The zero-order valence-electron chi connectivity index (χ0n) is 15.1. The first-order chi connectivity index (χ1) is 12.1. The first kappa shape index (κ1) is 20.9. The molecule has 26 heavy (non-hydrogen) atoms. The first-order valence-corrected chi connectivity index (χ1v) is 10.5. The van der Waals surface area contributed by atoms with Crippen molar-refractivity contribution in [3.05, 3.63) is 45.1 Å². The lowest BCUT2D eigenvalue weighted by molar-refractivity contribution is -0.117. The number of anilines is 1. The summed E-state index contributed by atoms with van der Waals surface area (Å²) in [5.74, 6) is -0.261. The molecule has 142 valence electrons. The Labute approximate surface area is 163 Å². The molecule has 2 rings (SSSR count). The maximum atomic E-state index is 12.3. The number of likely N-dealkylation sites (N-methyl/N-ethyl adjacent to an activating group) is 1. The van der Waals surface area contributed by atoms with Gasteiger partial charge >= 0.3 is 0 Å². The van der Waals surface area contributed by atoms with E-state index >= 15 is 0 Å². The fourth-order valence-electron chi connectivity index (χ4n) is 2.27. The summed E-state index contributed by atoms with van der Waals surface area (Å²) in [7, 11) is 1.15. The highest BCUT2D eigenvalue weighted by Gasteiger charge is 2.19. The average molecular weight is 416 g/mol. The maximum Gasteiger partial charge on any atom is 0.242 e. The molecule has 0 fully saturated rings. The standard InChI is InChI=1S/C17H22ClN3O3S2/c1-12-7-8-25-16(12)10-21(4)11-17(22)19-15-9-13(5-6-14(15)18)26(23,24)20(2)3/h5-9H,10-11H2,1-4H3,(H,19,22). The molecule has 0 spiro atoms. The lowest BCUT2D eigenvalue weighted by atomic mass is 10.3. The number of thiophene rings is 1. The molecule has 0 saturated carbocycles. The highest BCUT2D eigenvalue weighted by molar-refractivity contribution is 7.89. The highest BCUT2D eigenvalue weighted by Crippen LogP contribution is 2.26. The fourth-order valence-corrected chi connectivity index (χ4v) is 4.35. The molecule has 9 heteroatoms. The van der Waals surface area contributed by atoms with Gasteiger partial charge in [0.25, 0.3) is 0 Å². The number of aryl methyl sites for hydroxylation is 1. The zero-order valence-corrected chi connectivity index (χ0v) is 17.5. The lowest BCUT2D eigenvalue weighted by Gasteiger charge is -2.17. The number of nitrogens with zero attached hydrogens (tertiary/aromatic N) is 2. The van der Waals surface area contributed by atoms with Crippen molar-refractivity contribution in [1.29, 1.82) is 0 Å². The third-order valence-electron chi connectivity index (χ3n) is 3.79. The van der Waals surface area contributed by atoms with Crippen molar-refractivity contribution < 1.29 is 13.2 Å². The van der Waals surface area contributed by atoms with Gasteiger partial charge in [0.05, 0.1) is 22.2 Å². The Bertz CT molecular complexity index is 894. The Hall–Kier alpha value is -1.45. The smallest absolute Gasteiger partial charge is 0.242 e. The summed E-state index contributed by atoms with van der Waals surface area (Å²) in [6.07, 6.45) is 0. The van der Waals surface area contributed by atoms with Crippen LogP contribution in [0.15, 0.2) is 34.5 Å². The van der Waals surface area contributed by atoms with Gasteiger partial charge in [-0.15, -0.1) is 11.3 Å². The van der Waals surface area contributed by atoms with E-state index in [2.05, 4.69) is 5.32 Å². The van der Waals surface area contributed by atoms with E-state index < -0.39 is 10.0 Å². The maximum absolute atomic E-state index is 12.3. The molecule has 0 aliphatic heterocycles. The van der Waals surface area contributed by atoms with Gasteiger partial charge < -0.3 is 5.32 Å². The third-order valence-corrected chi connectivity index (χ3v) is 6.93. The Morgan fingerprint density at radius 3 is 2.50 bits per heavy atom. The quantitative estimate of drug-likeness (QED) is 0.754. The second kappa shape index (κ2) is 8.49. The Morgan fingerprint density at radius 2 is 1.92 bits per heavy atom. The molecule has 2 aromatic rings. The molecule has 0 aliphatic carbocycles. The summed E-state index contributed by atoms with van der Waals surface area (Å²) in [5.41, 5.74) is 1.48. The number of carbonyl (C=O) groups excluding carboxylic acids is 1. The van der Waals surface area contributed by atoms with E-state index in [-0.39, 0.29) is 28.1 Å². The molecule has 0 aliphatic rings. The Morgan fingerprint density at radius 1 is 1.23 bits per heavy atom. The summed E-state index contributed by atoms with van der Waals surface area (Å²) in [4.78, 5) is 15.5. The first-order valence-electron chi connectivity index (χ1n) is 7.84. The minimum absolute atomic E-state index is 0.0739. The van der Waals surface area contributed by atoms with Gasteiger partial charge in [0.2, 0.25) is 15.9 Å². The van der Waals surface area contributed by atoms with Crippen molar-refractivity contribution >= 4 is 44.6 Å². The number of sulfonamides is 1. The van der Waals surface area contributed by atoms with Gasteiger partial charge in [-0.3, -0.25) is 9.69 Å². The highest BCUT2D eigenvalue weighted by atomic mass is 35.5. The van der Waals surface area contributed by atoms with Crippen molar-refractivity contribution in [3.63, 3.8) is 0 Å². The van der Waals surface area contributed by atoms with Crippen molar-refractivity contribution in [2.24, 2.45) is 0 Å². The second-order valence-corrected chi connectivity index (χ2v) is 9.74. The summed E-state index contributed by atoms with van der Waals surface area (Å²) in [5, 5.41) is 5.00. The van der Waals surface area contributed by atoms with Crippen LogP contribution in [0.2, 0.25) is 5.02 Å². The van der Waals surface area contributed by atoms with Gasteiger partial charge in [0.15, 0.2) is 0 Å². The number of halogens is 1. The van der Waals surface area contributed by atoms with Crippen LogP contribution in [-0.2, 0) is 21.4 Å². The van der Waals surface area contributed by atoms with Gasteiger partial charge in [0, 0.05) is 25.5 Å². The predicted molar refractivity (Wildman–Crippen MR) is 106 cm³/mol. The van der Waals surface area contributed by atoms with E-state index in [9.17, 15) is 13.2 Å². The molecule has 1 heterocycles. The molecule has 1 aromatic carbocycles. The molecule has 1 N–H and O–H groups in total. The molecular weight excluding hydrogens is 394 g/mol. The molecule has 0 unspecified atom stereocenters. The minimum Gasteiger partial charge on any atom is -0.324 e.